The quantitative estimate of drug-likeness (QED) is 0.173. The van der Waals surface area contributed by atoms with E-state index >= 15 is 0 Å². The number of benzene rings is 4. The van der Waals surface area contributed by atoms with Crippen LogP contribution in [0.1, 0.15) is 63.5 Å². The Morgan fingerprint density at radius 3 is 1.92 bits per heavy atom. The number of ketones is 1. The predicted octanol–water partition coefficient (Wildman–Crippen LogP) is 9.58. The number of halogens is 2. The molecule has 49 heavy (non-hydrogen) atoms. The molecule has 0 saturated carbocycles. The lowest BCUT2D eigenvalue weighted by atomic mass is 9.92. The fourth-order valence-electron chi connectivity index (χ4n) is 8.12. The third-order valence-corrected chi connectivity index (χ3v) is 11.5. The first-order chi connectivity index (χ1) is 23.7. The van der Waals surface area contributed by atoms with Gasteiger partial charge in [0.2, 0.25) is 0 Å². The summed E-state index contributed by atoms with van der Waals surface area (Å²) < 4.78 is 0. The molecular weight excluding hydrogens is 649 g/mol. The van der Waals surface area contributed by atoms with Crippen molar-refractivity contribution in [2.45, 2.75) is 77.5 Å². The molecule has 4 aromatic carbocycles. The van der Waals surface area contributed by atoms with E-state index in [1.807, 2.05) is 0 Å². The second-order valence-electron chi connectivity index (χ2n) is 14.4. The van der Waals surface area contributed by atoms with E-state index in [9.17, 15) is 9.90 Å². The van der Waals surface area contributed by atoms with Crippen molar-refractivity contribution in [2.24, 2.45) is 5.92 Å². The molecule has 2 N–H and O–H groups in total. The SMILES string of the molecule is CC(=O)CC[C@H](C)CN1CCCc2cc(-c3cccc(-c4cccc(-c5ccc6c(c5)CCCN6C[C@@H]5CCC(O)N5)c4Cl)c3Cl)ccc21. The number of carbonyl (C=O) groups excluding carboxylic acids is 1. The Kier molecular flexibility index (Phi) is 10.3. The Balaban J connectivity index is 1.14. The van der Waals surface area contributed by atoms with Crippen LogP contribution in [0.15, 0.2) is 72.8 Å². The van der Waals surface area contributed by atoms with Gasteiger partial charge in [-0.3, -0.25) is 5.32 Å². The zero-order chi connectivity index (χ0) is 34.1. The molecule has 0 bridgehead atoms. The maximum absolute atomic E-state index is 11.5. The standard InChI is InChI=1S/C42H47Cl2N3O2/c1-27(13-14-28(2)48)25-46-21-5-7-31-23-29(15-18-38(31)46)34-9-3-11-36(41(34)43)37-12-4-10-35(42(37)44)30-16-19-39-32(24-30)8-6-22-47(39)26-33-17-20-40(49)45-33/h3-4,9-12,15-16,18-19,23-24,27,33,40,45,49H,5-8,13-14,17,20-22,25-26H2,1-2H3/t27-,33-,40?/m0/s1. The highest BCUT2D eigenvalue weighted by Crippen LogP contribution is 2.44. The second-order valence-corrected chi connectivity index (χ2v) is 15.2. The van der Waals surface area contributed by atoms with Gasteiger partial charge in [-0.2, -0.15) is 0 Å². The van der Waals surface area contributed by atoms with Crippen molar-refractivity contribution in [3.05, 3.63) is 94.0 Å². The number of carbonyl (C=O) groups is 1. The normalized spacial score (nSPS) is 19.4. The number of nitrogens with one attached hydrogen (secondary N) is 1. The van der Waals surface area contributed by atoms with Gasteiger partial charge in [0.05, 0.1) is 10.0 Å². The number of rotatable bonds is 10. The first kappa shape index (κ1) is 34.1. The summed E-state index contributed by atoms with van der Waals surface area (Å²) in [5, 5.41) is 14.7. The molecule has 0 aromatic heterocycles. The molecule has 0 aliphatic carbocycles. The summed E-state index contributed by atoms with van der Waals surface area (Å²) in [6, 6.07) is 26.3. The number of fused-ring (bicyclic) bond motifs is 2. The van der Waals surface area contributed by atoms with E-state index in [1.54, 1.807) is 6.92 Å². The molecule has 7 rings (SSSR count). The number of Topliss-reactive ketones (excluding diaryl/α,β-unsaturated/α-hetero) is 1. The average molecular weight is 697 g/mol. The van der Waals surface area contributed by atoms with Crippen LogP contribution in [0.5, 0.6) is 0 Å². The van der Waals surface area contributed by atoms with Crippen LogP contribution >= 0.6 is 23.2 Å². The monoisotopic (exact) mass is 695 g/mol. The molecule has 1 saturated heterocycles. The van der Waals surface area contributed by atoms with Gasteiger partial charge in [-0.15, -0.1) is 0 Å². The number of hydrogen-bond donors (Lipinski definition) is 2. The molecule has 3 atom stereocenters. The molecule has 5 nitrogen and oxygen atoms in total. The van der Waals surface area contributed by atoms with Gasteiger partial charge < -0.3 is 19.7 Å². The lowest BCUT2D eigenvalue weighted by molar-refractivity contribution is -0.117. The lowest BCUT2D eigenvalue weighted by Gasteiger charge is -2.34. The van der Waals surface area contributed by atoms with E-state index in [4.69, 9.17) is 23.2 Å². The Hall–Kier alpha value is -3.35. The highest BCUT2D eigenvalue weighted by atomic mass is 35.5. The number of aliphatic hydroxyl groups is 1. The van der Waals surface area contributed by atoms with E-state index < -0.39 is 0 Å². The smallest absolute Gasteiger partial charge is 0.129 e. The Bertz CT molecular complexity index is 1840. The minimum Gasteiger partial charge on any atom is -0.379 e. The summed E-state index contributed by atoms with van der Waals surface area (Å²) in [6.45, 7) is 7.90. The van der Waals surface area contributed by atoms with Crippen molar-refractivity contribution in [2.75, 3.05) is 36.0 Å². The van der Waals surface area contributed by atoms with Crippen molar-refractivity contribution in [3.63, 3.8) is 0 Å². The first-order valence-electron chi connectivity index (χ1n) is 18.0. The molecule has 0 radical (unpaired) electrons. The van der Waals surface area contributed by atoms with Crippen LogP contribution < -0.4 is 15.1 Å². The van der Waals surface area contributed by atoms with E-state index in [0.717, 1.165) is 105 Å². The van der Waals surface area contributed by atoms with Gasteiger partial charge in [0.25, 0.3) is 0 Å². The predicted molar refractivity (Wildman–Crippen MR) is 205 cm³/mol. The number of aliphatic hydroxyl groups excluding tert-OH is 1. The van der Waals surface area contributed by atoms with Crippen molar-refractivity contribution in [3.8, 4) is 33.4 Å². The van der Waals surface area contributed by atoms with Crippen molar-refractivity contribution >= 4 is 40.4 Å². The molecular formula is C42H47Cl2N3O2. The van der Waals surface area contributed by atoms with Gasteiger partial charge in [0.1, 0.15) is 12.0 Å². The Morgan fingerprint density at radius 1 is 0.816 bits per heavy atom. The molecule has 0 spiro atoms. The molecule has 1 fully saturated rings. The van der Waals surface area contributed by atoms with Crippen LogP contribution in [0.25, 0.3) is 33.4 Å². The third kappa shape index (κ3) is 7.42. The summed E-state index contributed by atoms with van der Waals surface area (Å²) in [5.74, 6) is 0.732. The maximum Gasteiger partial charge on any atom is 0.129 e. The van der Waals surface area contributed by atoms with E-state index in [1.165, 1.54) is 22.5 Å². The molecule has 1 unspecified atom stereocenters. The second kappa shape index (κ2) is 14.9. The molecule has 0 amide bonds. The van der Waals surface area contributed by atoms with E-state index in [2.05, 4.69) is 94.8 Å². The molecule has 3 heterocycles. The number of aryl methyl sites for hydroxylation is 2. The Morgan fingerprint density at radius 2 is 1.37 bits per heavy atom. The van der Waals surface area contributed by atoms with Crippen molar-refractivity contribution < 1.29 is 9.90 Å². The zero-order valence-electron chi connectivity index (χ0n) is 28.7. The molecule has 7 heteroatoms. The third-order valence-electron chi connectivity index (χ3n) is 10.7. The lowest BCUT2D eigenvalue weighted by Crippen LogP contribution is -2.42. The minimum atomic E-state index is -0.381. The highest BCUT2D eigenvalue weighted by Gasteiger charge is 2.27. The van der Waals surface area contributed by atoms with Crippen LogP contribution in [-0.4, -0.2) is 49.3 Å². The molecule has 4 aromatic rings. The van der Waals surface area contributed by atoms with Crippen LogP contribution in [0.2, 0.25) is 10.0 Å². The first-order valence-corrected chi connectivity index (χ1v) is 18.8. The van der Waals surface area contributed by atoms with Crippen molar-refractivity contribution in [1.29, 1.82) is 0 Å². The van der Waals surface area contributed by atoms with E-state index in [0.29, 0.717) is 28.4 Å². The zero-order valence-corrected chi connectivity index (χ0v) is 30.2. The number of nitrogens with zero attached hydrogens (tertiary/aromatic N) is 2. The fraction of sp³-hybridized carbons (Fsp3) is 0.405. The summed E-state index contributed by atoms with van der Waals surface area (Å²) in [4.78, 5) is 16.5. The summed E-state index contributed by atoms with van der Waals surface area (Å²) >= 11 is 14.5. The van der Waals surface area contributed by atoms with Gasteiger partial charge in [-0.1, -0.05) is 78.7 Å². The van der Waals surface area contributed by atoms with Crippen LogP contribution in [-0.2, 0) is 17.6 Å². The van der Waals surface area contributed by atoms with Crippen LogP contribution in [0, 0.1) is 5.92 Å². The summed E-state index contributed by atoms with van der Waals surface area (Å²) in [5.41, 5.74) is 11.4. The largest absolute Gasteiger partial charge is 0.379 e. The molecule has 3 aliphatic heterocycles. The number of hydrogen-bond acceptors (Lipinski definition) is 5. The maximum atomic E-state index is 11.5. The van der Waals surface area contributed by atoms with E-state index in [-0.39, 0.29) is 12.0 Å². The fourth-order valence-corrected chi connectivity index (χ4v) is 8.79. The van der Waals surface area contributed by atoms with Gasteiger partial charge in [-0.25, -0.2) is 0 Å². The van der Waals surface area contributed by atoms with Crippen LogP contribution in [0.3, 0.4) is 0 Å². The highest BCUT2D eigenvalue weighted by molar-refractivity contribution is 6.39. The van der Waals surface area contributed by atoms with Gasteiger partial charge in [-0.05, 0) is 104 Å². The van der Waals surface area contributed by atoms with Gasteiger partial charge >= 0.3 is 0 Å². The molecule has 3 aliphatic rings. The summed E-state index contributed by atoms with van der Waals surface area (Å²) in [6.07, 6.45) is 7.36. The average Bonchev–Trinajstić information content (AvgIpc) is 3.51. The van der Waals surface area contributed by atoms with Gasteiger partial charge in [0.15, 0.2) is 0 Å². The topological polar surface area (TPSA) is 55.8 Å². The van der Waals surface area contributed by atoms with Gasteiger partial charge in [0, 0.05) is 72.3 Å². The molecule has 256 valence electrons. The van der Waals surface area contributed by atoms with Crippen LogP contribution in [0.4, 0.5) is 11.4 Å². The van der Waals surface area contributed by atoms with Crippen molar-refractivity contribution in [1.82, 2.24) is 5.32 Å². The minimum absolute atomic E-state index is 0.267. The number of anilines is 2. The Labute approximate surface area is 301 Å². The summed E-state index contributed by atoms with van der Waals surface area (Å²) in [7, 11) is 0.